The molecule has 0 fully saturated rings. The highest BCUT2D eigenvalue weighted by molar-refractivity contribution is 9.10. The van der Waals surface area contributed by atoms with Crippen LogP contribution in [0, 0.1) is 0 Å². The Morgan fingerprint density at radius 2 is 1.78 bits per heavy atom. The molecule has 1 amide bonds. The van der Waals surface area contributed by atoms with Gasteiger partial charge in [-0.15, -0.1) is 0 Å². The minimum Gasteiger partial charge on any atom is -0.492 e. The average molecular weight is 376 g/mol. The third-order valence-electron chi connectivity index (χ3n) is 3.72. The first-order valence-electron chi connectivity index (χ1n) is 7.91. The Morgan fingerprint density at radius 3 is 2.39 bits per heavy atom. The number of carbonyl (C=O) groups excluding carboxylic acids is 1. The van der Waals surface area contributed by atoms with E-state index in [9.17, 15) is 4.79 Å². The molecule has 0 aliphatic rings. The molecule has 2 rings (SSSR count). The predicted molar refractivity (Wildman–Crippen MR) is 97.0 cm³/mol. The maximum Gasteiger partial charge on any atom is 0.253 e. The molecule has 0 spiro atoms. The van der Waals surface area contributed by atoms with Crippen molar-refractivity contribution in [3.63, 3.8) is 0 Å². The lowest BCUT2D eigenvalue weighted by molar-refractivity contribution is 0.0773. The van der Waals surface area contributed by atoms with Gasteiger partial charge < -0.3 is 9.64 Å². The van der Waals surface area contributed by atoms with Gasteiger partial charge in [-0.2, -0.15) is 0 Å². The Bertz CT molecular complexity index is 639. The van der Waals surface area contributed by atoms with E-state index in [2.05, 4.69) is 28.1 Å². The number of rotatable bonds is 7. The largest absolute Gasteiger partial charge is 0.492 e. The summed E-state index contributed by atoms with van der Waals surface area (Å²) in [5.41, 5.74) is 1.92. The smallest absolute Gasteiger partial charge is 0.253 e. The molecule has 0 unspecified atom stereocenters. The molecule has 0 aliphatic carbocycles. The molecule has 4 heteroatoms. The summed E-state index contributed by atoms with van der Waals surface area (Å²) >= 11 is 3.50. The lowest BCUT2D eigenvalue weighted by Gasteiger charge is -2.19. The molecule has 0 N–H and O–H groups in total. The Labute approximate surface area is 146 Å². The SMILES string of the molecule is CCN(CC)C(=O)c1ccc(OCCc2ccccc2)c(Br)c1. The molecule has 0 atom stereocenters. The average Bonchev–Trinajstić information content (AvgIpc) is 2.58. The van der Waals surface area contributed by atoms with Gasteiger partial charge in [-0.1, -0.05) is 30.3 Å². The fourth-order valence-electron chi connectivity index (χ4n) is 2.37. The Balaban J connectivity index is 1.98. The fraction of sp³-hybridized carbons (Fsp3) is 0.316. The summed E-state index contributed by atoms with van der Waals surface area (Å²) in [5, 5.41) is 0. The second-order valence-electron chi connectivity index (χ2n) is 5.21. The third kappa shape index (κ3) is 4.83. The molecule has 0 saturated carbocycles. The van der Waals surface area contributed by atoms with Crippen LogP contribution in [0.4, 0.5) is 0 Å². The van der Waals surface area contributed by atoms with Crippen molar-refractivity contribution in [2.24, 2.45) is 0 Å². The molecule has 0 heterocycles. The van der Waals surface area contributed by atoms with Gasteiger partial charge in [-0.25, -0.2) is 0 Å². The van der Waals surface area contributed by atoms with Gasteiger partial charge in [-0.05, 0) is 53.5 Å². The minimum atomic E-state index is 0.0477. The summed E-state index contributed by atoms with van der Waals surface area (Å²) in [4.78, 5) is 14.1. The summed E-state index contributed by atoms with van der Waals surface area (Å²) in [6.07, 6.45) is 0.855. The monoisotopic (exact) mass is 375 g/mol. The van der Waals surface area contributed by atoms with Crippen LogP contribution in [-0.4, -0.2) is 30.5 Å². The van der Waals surface area contributed by atoms with Crippen LogP contribution >= 0.6 is 15.9 Å². The number of hydrogen-bond acceptors (Lipinski definition) is 2. The van der Waals surface area contributed by atoms with Gasteiger partial charge in [0.1, 0.15) is 5.75 Å². The van der Waals surface area contributed by atoms with Crippen molar-refractivity contribution < 1.29 is 9.53 Å². The molecule has 23 heavy (non-hydrogen) atoms. The van der Waals surface area contributed by atoms with E-state index in [1.807, 2.05) is 50.2 Å². The van der Waals surface area contributed by atoms with Gasteiger partial charge in [-0.3, -0.25) is 4.79 Å². The lowest BCUT2D eigenvalue weighted by Crippen LogP contribution is -2.30. The molecule has 0 aliphatic heterocycles. The van der Waals surface area contributed by atoms with Gasteiger partial charge >= 0.3 is 0 Å². The molecule has 2 aromatic carbocycles. The zero-order chi connectivity index (χ0) is 16.7. The van der Waals surface area contributed by atoms with E-state index in [1.54, 1.807) is 4.90 Å². The number of nitrogens with zero attached hydrogens (tertiary/aromatic N) is 1. The number of hydrogen-bond donors (Lipinski definition) is 0. The summed E-state index contributed by atoms with van der Waals surface area (Å²) in [6, 6.07) is 15.7. The van der Waals surface area contributed by atoms with Crippen LogP contribution in [0.15, 0.2) is 53.0 Å². The predicted octanol–water partition coefficient (Wildman–Crippen LogP) is 4.55. The second kappa shape index (κ2) is 8.73. The second-order valence-corrected chi connectivity index (χ2v) is 6.06. The van der Waals surface area contributed by atoms with Crippen molar-refractivity contribution in [2.75, 3.05) is 19.7 Å². The molecule has 0 radical (unpaired) electrons. The summed E-state index contributed by atoms with van der Waals surface area (Å²) < 4.78 is 6.63. The van der Waals surface area contributed by atoms with Gasteiger partial charge in [0.25, 0.3) is 5.91 Å². The third-order valence-corrected chi connectivity index (χ3v) is 4.34. The molecule has 3 nitrogen and oxygen atoms in total. The number of ether oxygens (including phenoxy) is 1. The van der Waals surface area contributed by atoms with Gasteiger partial charge in [0.2, 0.25) is 0 Å². The number of halogens is 1. The zero-order valence-corrected chi connectivity index (χ0v) is 15.2. The van der Waals surface area contributed by atoms with Crippen LogP contribution in [-0.2, 0) is 6.42 Å². The maximum absolute atomic E-state index is 12.3. The van der Waals surface area contributed by atoms with Crippen LogP contribution in [0.25, 0.3) is 0 Å². The van der Waals surface area contributed by atoms with Crippen LogP contribution < -0.4 is 4.74 Å². The fourth-order valence-corrected chi connectivity index (χ4v) is 2.86. The normalized spacial score (nSPS) is 10.4. The van der Waals surface area contributed by atoms with Crippen LogP contribution in [0.1, 0.15) is 29.8 Å². The number of carbonyl (C=O) groups is 1. The van der Waals surface area contributed by atoms with Gasteiger partial charge in [0, 0.05) is 25.1 Å². The number of amides is 1. The Morgan fingerprint density at radius 1 is 1.09 bits per heavy atom. The standard InChI is InChI=1S/C19H22BrNO2/c1-3-21(4-2)19(22)16-10-11-18(17(20)14-16)23-13-12-15-8-6-5-7-9-15/h5-11,14H,3-4,12-13H2,1-2H3. The van der Waals surface area contributed by atoms with Crippen molar-refractivity contribution >= 4 is 21.8 Å². The van der Waals surface area contributed by atoms with E-state index in [0.29, 0.717) is 25.3 Å². The zero-order valence-electron chi connectivity index (χ0n) is 13.6. The molecular weight excluding hydrogens is 354 g/mol. The Hall–Kier alpha value is -1.81. The highest BCUT2D eigenvalue weighted by atomic mass is 79.9. The van der Waals surface area contributed by atoms with Crippen molar-refractivity contribution in [1.29, 1.82) is 0 Å². The van der Waals surface area contributed by atoms with E-state index in [-0.39, 0.29) is 5.91 Å². The van der Waals surface area contributed by atoms with Gasteiger partial charge in [0.15, 0.2) is 0 Å². The van der Waals surface area contributed by atoms with Crippen LogP contribution in [0.2, 0.25) is 0 Å². The van der Waals surface area contributed by atoms with Crippen LogP contribution in [0.5, 0.6) is 5.75 Å². The van der Waals surface area contributed by atoms with Crippen molar-refractivity contribution in [1.82, 2.24) is 4.90 Å². The summed E-state index contributed by atoms with van der Waals surface area (Å²) in [6.45, 7) is 5.99. The van der Waals surface area contributed by atoms with Crippen molar-refractivity contribution in [2.45, 2.75) is 20.3 Å². The Kier molecular flexibility index (Phi) is 6.66. The van der Waals surface area contributed by atoms with Crippen molar-refractivity contribution in [3.05, 3.63) is 64.1 Å². The first-order valence-corrected chi connectivity index (χ1v) is 8.70. The number of benzene rings is 2. The molecule has 0 bridgehead atoms. The highest BCUT2D eigenvalue weighted by Gasteiger charge is 2.14. The van der Waals surface area contributed by atoms with E-state index in [0.717, 1.165) is 16.6 Å². The van der Waals surface area contributed by atoms with E-state index in [1.165, 1.54) is 5.56 Å². The molecular formula is C19H22BrNO2. The van der Waals surface area contributed by atoms with E-state index >= 15 is 0 Å². The molecule has 0 saturated heterocycles. The minimum absolute atomic E-state index is 0.0477. The quantitative estimate of drug-likeness (QED) is 0.710. The van der Waals surface area contributed by atoms with E-state index < -0.39 is 0 Å². The molecule has 122 valence electrons. The van der Waals surface area contributed by atoms with Crippen LogP contribution in [0.3, 0.4) is 0 Å². The van der Waals surface area contributed by atoms with Gasteiger partial charge in [0.05, 0.1) is 11.1 Å². The first kappa shape index (κ1) is 17.5. The topological polar surface area (TPSA) is 29.5 Å². The lowest BCUT2D eigenvalue weighted by atomic mass is 10.1. The summed E-state index contributed by atoms with van der Waals surface area (Å²) in [7, 11) is 0. The highest BCUT2D eigenvalue weighted by Crippen LogP contribution is 2.26. The summed E-state index contributed by atoms with van der Waals surface area (Å²) in [5.74, 6) is 0.809. The molecule has 0 aromatic heterocycles. The van der Waals surface area contributed by atoms with E-state index in [4.69, 9.17) is 4.74 Å². The maximum atomic E-state index is 12.3. The first-order chi connectivity index (χ1) is 11.2. The van der Waals surface area contributed by atoms with Crippen molar-refractivity contribution in [3.8, 4) is 5.75 Å². The molecule has 2 aromatic rings.